The predicted molar refractivity (Wildman–Crippen MR) is 30.1 cm³/mol. The van der Waals surface area contributed by atoms with Crippen LogP contribution in [-0.2, 0) is 0 Å². The number of halogens is 1. The van der Waals surface area contributed by atoms with Crippen LogP contribution >= 0.6 is 23.4 Å². The molecule has 0 spiro atoms. The molecule has 0 bridgehead atoms. The second-order valence-electron chi connectivity index (χ2n) is 1.19. The highest BCUT2D eigenvalue weighted by Crippen LogP contribution is 2.11. The summed E-state index contributed by atoms with van der Waals surface area (Å²) in [5.74, 6) is 2.08. The van der Waals surface area contributed by atoms with Crippen molar-refractivity contribution in [1.82, 2.24) is 5.32 Å². The van der Waals surface area contributed by atoms with Crippen molar-refractivity contribution in [1.29, 1.82) is 0 Å². The summed E-state index contributed by atoms with van der Waals surface area (Å²) in [7, 11) is 0. The van der Waals surface area contributed by atoms with Crippen molar-refractivity contribution in [2.24, 2.45) is 0 Å². The largest absolute Gasteiger partial charge is 0.291 e. The van der Waals surface area contributed by atoms with Gasteiger partial charge in [0.05, 0.1) is 5.50 Å². The van der Waals surface area contributed by atoms with Crippen LogP contribution < -0.4 is 5.32 Å². The van der Waals surface area contributed by atoms with Gasteiger partial charge in [-0.3, -0.25) is 5.32 Å². The molecule has 36 valence electrons. The highest BCUT2D eigenvalue weighted by Gasteiger charge is 2.08. The van der Waals surface area contributed by atoms with Gasteiger partial charge in [-0.15, -0.1) is 23.4 Å². The summed E-state index contributed by atoms with van der Waals surface area (Å²) >= 11 is 7.42. The third-order valence-electron chi connectivity index (χ3n) is 0.671. The van der Waals surface area contributed by atoms with Gasteiger partial charge in [0.15, 0.2) is 0 Å². The maximum atomic E-state index is 5.58. The highest BCUT2D eigenvalue weighted by molar-refractivity contribution is 7.99. The first-order valence-corrected chi connectivity index (χ1v) is 3.44. The van der Waals surface area contributed by atoms with E-state index < -0.39 is 0 Å². The van der Waals surface area contributed by atoms with Gasteiger partial charge < -0.3 is 0 Å². The fraction of sp³-hybridized carbons (Fsp3) is 1.00. The van der Waals surface area contributed by atoms with Crippen molar-refractivity contribution in [2.75, 3.05) is 11.6 Å². The van der Waals surface area contributed by atoms with Gasteiger partial charge in [0.1, 0.15) is 0 Å². The minimum Gasteiger partial charge on any atom is -0.291 e. The molecule has 0 radical (unpaired) electrons. The Labute approximate surface area is 46.4 Å². The van der Waals surface area contributed by atoms with Crippen molar-refractivity contribution >= 4 is 23.4 Å². The van der Waals surface area contributed by atoms with Gasteiger partial charge in [-0.1, -0.05) is 0 Å². The molecule has 0 saturated carbocycles. The second-order valence-corrected chi connectivity index (χ2v) is 2.74. The topological polar surface area (TPSA) is 12.0 Å². The lowest BCUT2D eigenvalue weighted by Crippen LogP contribution is -2.15. The summed E-state index contributed by atoms with van der Waals surface area (Å²) in [6, 6.07) is 0. The van der Waals surface area contributed by atoms with Crippen LogP contribution in [0.15, 0.2) is 0 Å². The minimum absolute atomic E-state index is 0.231. The summed E-state index contributed by atoms with van der Waals surface area (Å²) in [6.07, 6.45) is 0. The van der Waals surface area contributed by atoms with Crippen LogP contribution in [0.4, 0.5) is 0 Å². The maximum absolute atomic E-state index is 5.58. The van der Waals surface area contributed by atoms with Crippen LogP contribution in [0.5, 0.6) is 0 Å². The van der Waals surface area contributed by atoms with E-state index in [2.05, 4.69) is 5.32 Å². The lowest BCUT2D eigenvalue weighted by molar-refractivity contribution is 0.820. The number of hydrogen-bond acceptors (Lipinski definition) is 2. The molecule has 1 unspecified atom stereocenters. The fourth-order valence-corrected chi connectivity index (χ4v) is 1.57. The summed E-state index contributed by atoms with van der Waals surface area (Å²) in [5.41, 5.74) is 0.231. The molecule has 0 aromatic heterocycles. The van der Waals surface area contributed by atoms with Crippen molar-refractivity contribution < 1.29 is 0 Å². The lowest BCUT2D eigenvalue weighted by atomic mass is 10.8. The molecule has 1 fully saturated rings. The number of rotatable bonds is 0. The van der Waals surface area contributed by atoms with Gasteiger partial charge >= 0.3 is 0 Å². The predicted octanol–water partition coefficient (Wildman–Crippen LogP) is 0.845. The van der Waals surface area contributed by atoms with Crippen LogP contribution in [0.25, 0.3) is 0 Å². The third-order valence-corrected chi connectivity index (χ3v) is 2.10. The maximum Gasteiger partial charge on any atom is 0.0923 e. The van der Waals surface area contributed by atoms with E-state index in [1.54, 1.807) is 0 Å². The molecule has 0 aromatic rings. The van der Waals surface area contributed by atoms with Gasteiger partial charge in [0.2, 0.25) is 0 Å². The van der Waals surface area contributed by atoms with Gasteiger partial charge in [-0.05, 0) is 0 Å². The molecular formula is C3H6ClNS. The first kappa shape index (κ1) is 4.75. The molecule has 1 nitrogen and oxygen atoms in total. The SMILES string of the molecule is ClC1CSCN1. The van der Waals surface area contributed by atoms with Crippen LogP contribution in [0.2, 0.25) is 0 Å². The van der Waals surface area contributed by atoms with E-state index in [4.69, 9.17) is 11.6 Å². The molecule has 0 amide bonds. The molecular weight excluding hydrogens is 118 g/mol. The average molecular weight is 124 g/mol. The summed E-state index contributed by atoms with van der Waals surface area (Å²) in [5, 5.41) is 3.05. The van der Waals surface area contributed by atoms with Crippen molar-refractivity contribution in [3.05, 3.63) is 0 Å². The Kier molecular flexibility index (Phi) is 1.62. The average Bonchev–Trinajstić information content (AvgIpc) is 1.86. The zero-order valence-corrected chi connectivity index (χ0v) is 4.85. The van der Waals surface area contributed by atoms with Gasteiger partial charge in [0, 0.05) is 11.6 Å². The Balaban J connectivity index is 2.18. The quantitative estimate of drug-likeness (QED) is 0.379. The number of hydrogen-bond donors (Lipinski definition) is 1. The molecule has 1 heterocycles. The summed E-state index contributed by atoms with van der Waals surface area (Å²) in [4.78, 5) is 0. The Bertz CT molecular complexity index is 44.1. The van der Waals surface area contributed by atoms with Crippen LogP contribution in [0.1, 0.15) is 0 Å². The smallest absolute Gasteiger partial charge is 0.0923 e. The first-order chi connectivity index (χ1) is 2.89. The van der Waals surface area contributed by atoms with Crippen molar-refractivity contribution in [3.63, 3.8) is 0 Å². The van der Waals surface area contributed by atoms with E-state index in [0.717, 1.165) is 11.6 Å². The standard InChI is InChI=1S/C3H6ClNS/c4-3-1-6-2-5-3/h3,5H,1-2H2. The molecule has 6 heavy (non-hydrogen) atoms. The van der Waals surface area contributed by atoms with E-state index in [0.29, 0.717) is 0 Å². The number of alkyl halides is 1. The Morgan fingerprint density at radius 1 is 1.83 bits per heavy atom. The monoisotopic (exact) mass is 123 g/mol. The number of thioether (sulfide) groups is 1. The van der Waals surface area contributed by atoms with E-state index in [9.17, 15) is 0 Å². The van der Waals surface area contributed by atoms with Crippen LogP contribution in [0, 0.1) is 0 Å². The lowest BCUT2D eigenvalue weighted by Gasteiger charge is -1.90. The molecule has 1 N–H and O–H groups in total. The first-order valence-electron chi connectivity index (χ1n) is 1.85. The van der Waals surface area contributed by atoms with E-state index in [1.807, 2.05) is 11.8 Å². The van der Waals surface area contributed by atoms with Crippen LogP contribution in [-0.4, -0.2) is 17.1 Å². The molecule has 3 heteroatoms. The Morgan fingerprint density at radius 3 is 2.83 bits per heavy atom. The van der Waals surface area contributed by atoms with Gasteiger partial charge in [-0.25, -0.2) is 0 Å². The molecule has 1 atom stereocenters. The molecule has 1 aliphatic rings. The number of nitrogens with one attached hydrogen (secondary N) is 1. The summed E-state index contributed by atoms with van der Waals surface area (Å²) < 4.78 is 0. The summed E-state index contributed by atoms with van der Waals surface area (Å²) in [6.45, 7) is 0. The third kappa shape index (κ3) is 1.03. The zero-order chi connectivity index (χ0) is 4.41. The normalized spacial score (nSPS) is 34.5. The molecule has 0 aromatic carbocycles. The van der Waals surface area contributed by atoms with E-state index >= 15 is 0 Å². The fourth-order valence-electron chi connectivity index (χ4n) is 0.371. The molecule has 1 saturated heterocycles. The highest BCUT2D eigenvalue weighted by atomic mass is 35.5. The molecule has 0 aliphatic carbocycles. The Hall–Kier alpha value is 0.600. The van der Waals surface area contributed by atoms with E-state index in [1.165, 1.54) is 0 Å². The van der Waals surface area contributed by atoms with Crippen molar-refractivity contribution in [2.45, 2.75) is 5.50 Å². The molecule has 1 rings (SSSR count). The van der Waals surface area contributed by atoms with Crippen molar-refractivity contribution in [3.8, 4) is 0 Å². The van der Waals surface area contributed by atoms with Crippen LogP contribution in [0.3, 0.4) is 0 Å². The van der Waals surface area contributed by atoms with Gasteiger partial charge in [-0.2, -0.15) is 0 Å². The molecule has 1 aliphatic heterocycles. The minimum atomic E-state index is 0.231. The van der Waals surface area contributed by atoms with Gasteiger partial charge in [0.25, 0.3) is 0 Å². The zero-order valence-electron chi connectivity index (χ0n) is 3.28. The Morgan fingerprint density at radius 2 is 2.67 bits per heavy atom. The van der Waals surface area contributed by atoms with E-state index in [-0.39, 0.29) is 5.50 Å². The second kappa shape index (κ2) is 2.05.